The Morgan fingerprint density at radius 3 is 2.62 bits per heavy atom. The van der Waals surface area contributed by atoms with Crippen molar-refractivity contribution in [2.45, 2.75) is 38.0 Å². The number of aliphatic imine (C=N–C) groups is 1. The lowest BCUT2D eigenvalue weighted by molar-refractivity contribution is 0.181. The van der Waals surface area contributed by atoms with E-state index in [-0.39, 0.29) is 35.2 Å². The number of halogens is 2. The van der Waals surface area contributed by atoms with Gasteiger partial charge in [0.2, 0.25) is 0 Å². The fourth-order valence-electron chi connectivity index (χ4n) is 3.84. The second-order valence-electron chi connectivity index (χ2n) is 7.42. The highest BCUT2D eigenvalue weighted by Gasteiger charge is 2.38. The van der Waals surface area contributed by atoms with Gasteiger partial charge in [-0.25, -0.2) is 4.39 Å². The SMILES string of the molecule is CCNC(=NCC1(c2ccc(F)cc2)CCC1)N(C)CC1CCOC1.I. The van der Waals surface area contributed by atoms with Gasteiger partial charge in [-0.15, -0.1) is 24.0 Å². The summed E-state index contributed by atoms with van der Waals surface area (Å²) in [5, 5.41) is 3.41. The number of guanidine groups is 1. The highest BCUT2D eigenvalue weighted by molar-refractivity contribution is 14.0. The second-order valence-corrected chi connectivity index (χ2v) is 7.42. The van der Waals surface area contributed by atoms with Crippen LogP contribution in [0.2, 0.25) is 0 Å². The molecule has 0 radical (unpaired) electrons. The molecule has 0 amide bonds. The van der Waals surface area contributed by atoms with Crippen molar-refractivity contribution < 1.29 is 9.13 Å². The normalized spacial score (nSPS) is 21.7. The van der Waals surface area contributed by atoms with Crippen LogP contribution in [0, 0.1) is 11.7 Å². The average molecular weight is 475 g/mol. The minimum absolute atomic E-state index is 0. The van der Waals surface area contributed by atoms with Crippen LogP contribution < -0.4 is 5.32 Å². The summed E-state index contributed by atoms with van der Waals surface area (Å²) in [6, 6.07) is 6.99. The smallest absolute Gasteiger partial charge is 0.193 e. The van der Waals surface area contributed by atoms with E-state index in [9.17, 15) is 4.39 Å². The van der Waals surface area contributed by atoms with Crippen LogP contribution in [0.5, 0.6) is 0 Å². The van der Waals surface area contributed by atoms with Crippen LogP contribution in [0.15, 0.2) is 29.3 Å². The average Bonchev–Trinajstić information content (AvgIpc) is 3.07. The molecular formula is C20H31FIN3O. The molecule has 1 saturated carbocycles. The van der Waals surface area contributed by atoms with Crippen LogP contribution in [0.4, 0.5) is 4.39 Å². The second kappa shape index (κ2) is 9.88. The van der Waals surface area contributed by atoms with Crippen molar-refractivity contribution in [1.82, 2.24) is 10.2 Å². The number of hydrogen-bond acceptors (Lipinski definition) is 2. The maximum absolute atomic E-state index is 13.3. The summed E-state index contributed by atoms with van der Waals surface area (Å²) in [4.78, 5) is 7.17. The highest BCUT2D eigenvalue weighted by atomic mass is 127. The molecule has 1 aliphatic carbocycles. The van der Waals surface area contributed by atoms with Crippen LogP contribution in [0.25, 0.3) is 0 Å². The molecular weight excluding hydrogens is 444 g/mol. The van der Waals surface area contributed by atoms with Crippen LogP contribution in [0.3, 0.4) is 0 Å². The molecule has 1 atom stereocenters. The predicted molar refractivity (Wildman–Crippen MR) is 115 cm³/mol. The predicted octanol–water partition coefficient (Wildman–Crippen LogP) is 3.80. The van der Waals surface area contributed by atoms with Crippen LogP contribution in [-0.2, 0) is 10.2 Å². The molecule has 1 saturated heterocycles. The lowest BCUT2D eigenvalue weighted by Crippen LogP contribution is -2.44. The van der Waals surface area contributed by atoms with Gasteiger partial charge in [-0.1, -0.05) is 18.6 Å². The first-order chi connectivity index (χ1) is 12.1. The Morgan fingerprint density at radius 2 is 2.08 bits per heavy atom. The third-order valence-electron chi connectivity index (χ3n) is 5.55. The van der Waals surface area contributed by atoms with Gasteiger partial charge < -0.3 is 15.0 Å². The largest absolute Gasteiger partial charge is 0.381 e. The maximum atomic E-state index is 13.3. The summed E-state index contributed by atoms with van der Waals surface area (Å²) >= 11 is 0. The van der Waals surface area contributed by atoms with E-state index < -0.39 is 0 Å². The molecule has 1 heterocycles. The van der Waals surface area contributed by atoms with E-state index in [0.717, 1.165) is 58.1 Å². The Hall–Kier alpha value is -0.890. The highest BCUT2D eigenvalue weighted by Crippen LogP contribution is 2.44. The molecule has 3 rings (SSSR count). The fraction of sp³-hybridized carbons (Fsp3) is 0.650. The van der Waals surface area contributed by atoms with E-state index in [4.69, 9.17) is 9.73 Å². The Labute approximate surface area is 173 Å². The Balaban J connectivity index is 0.00000243. The Bertz CT molecular complexity index is 583. The number of rotatable bonds is 6. The van der Waals surface area contributed by atoms with Crippen molar-refractivity contribution in [3.05, 3.63) is 35.6 Å². The number of nitrogens with zero attached hydrogens (tertiary/aromatic N) is 2. The van der Waals surface area contributed by atoms with Crippen molar-refractivity contribution in [3.63, 3.8) is 0 Å². The zero-order valence-corrected chi connectivity index (χ0v) is 18.2. The molecule has 0 bridgehead atoms. The molecule has 1 aliphatic heterocycles. The molecule has 6 heteroatoms. The first-order valence-corrected chi connectivity index (χ1v) is 9.46. The van der Waals surface area contributed by atoms with Gasteiger partial charge >= 0.3 is 0 Å². The van der Waals surface area contributed by atoms with Crippen molar-refractivity contribution in [2.75, 3.05) is 39.9 Å². The summed E-state index contributed by atoms with van der Waals surface area (Å²) in [5.74, 6) is 1.37. The first-order valence-electron chi connectivity index (χ1n) is 9.46. The maximum Gasteiger partial charge on any atom is 0.193 e. The van der Waals surface area contributed by atoms with Crippen LogP contribution >= 0.6 is 24.0 Å². The van der Waals surface area contributed by atoms with Gasteiger partial charge in [0.05, 0.1) is 13.2 Å². The zero-order chi connectivity index (χ0) is 17.7. The molecule has 4 nitrogen and oxygen atoms in total. The van der Waals surface area contributed by atoms with E-state index in [1.54, 1.807) is 12.1 Å². The van der Waals surface area contributed by atoms with Gasteiger partial charge in [0.1, 0.15) is 5.82 Å². The molecule has 1 aromatic rings. The summed E-state index contributed by atoms with van der Waals surface area (Å²) in [6.45, 7) is 6.40. The summed E-state index contributed by atoms with van der Waals surface area (Å²) in [6.07, 6.45) is 4.60. The van der Waals surface area contributed by atoms with E-state index in [1.165, 1.54) is 12.0 Å². The quantitative estimate of drug-likeness (QED) is 0.387. The lowest BCUT2D eigenvalue weighted by atomic mass is 9.64. The van der Waals surface area contributed by atoms with Crippen LogP contribution in [0.1, 0.15) is 38.2 Å². The molecule has 26 heavy (non-hydrogen) atoms. The third-order valence-corrected chi connectivity index (χ3v) is 5.55. The number of ether oxygens (including phenoxy) is 1. The molecule has 146 valence electrons. The van der Waals surface area contributed by atoms with Crippen molar-refractivity contribution in [3.8, 4) is 0 Å². The summed E-state index contributed by atoms with van der Waals surface area (Å²) in [7, 11) is 2.10. The van der Waals surface area contributed by atoms with E-state index in [1.807, 2.05) is 12.1 Å². The third kappa shape index (κ3) is 5.09. The van der Waals surface area contributed by atoms with Crippen molar-refractivity contribution in [2.24, 2.45) is 10.9 Å². The van der Waals surface area contributed by atoms with Gasteiger partial charge in [0.25, 0.3) is 0 Å². The van der Waals surface area contributed by atoms with E-state index in [2.05, 4.69) is 24.2 Å². The molecule has 2 fully saturated rings. The topological polar surface area (TPSA) is 36.9 Å². The van der Waals surface area contributed by atoms with Crippen molar-refractivity contribution in [1.29, 1.82) is 0 Å². The van der Waals surface area contributed by atoms with Gasteiger partial charge in [-0.05, 0) is 43.9 Å². The molecule has 2 aliphatic rings. The number of hydrogen-bond donors (Lipinski definition) is 1. The van der Waals surface area contributed by atoms with E-state index in [0.29, 0.717) is 5.92 Å². The lowest BCUT2D eigenvalue weighted by Gasteiger charge is -2.41. The van der Waals surface area contributed by atoms with Gasteiger partial charge in [-0.3, -0.25) is 4.99 Å². The van der Waals surface area contributed by atoms with Gasteiger partial charge in [0.15, 0.2) is 5.96 Å². The minimum Gasteiger partial charge on any atom is -0.381 e. The van der Waals surface area contributed by atoms with E-state index >= 15 is 0 Å². The van der Waals surface area contributed by atoms with Crippen LogP contribution in [-0.4, -0.2) is 50.8 Å². The van der Waals surface area contributed by atoms with Crippen molar-refractivity contribution >= 4 is 29.9 Å². The summed E-state index contributed by atoms with van der Waals surface area (Å²) in [5.41, 5.74) is 1.29. The molecule has 1 aromatic carbocycles. The summed E-state index contributed by atoms with van der Waals surface area (Å²) < 4.78 is 18.7. The molecule has 0 aromatic heterocycles. The van der Waals surface area contributed by atoms with Gasteiger partial charge in [0, 0.05) is 38.1 Å². The molecule has 1 N–H and O–H groups in total. The fourth-order valence-corrected chi connectivity index (χ4v) is 3.84. The standard InChI is InChI=1S/C20H30FN3O.HI/c1-3-22-19(24(2)13-16-9-12-25-14-16)23-15-20(10-4-11-20)17-5-7-18(21)8-6-17;/h5-8,16H,3-4,9-15H2,1-2H3,(H,22,23);1H. The Morgan fingerprint density at radius 1 is 1.35 bits per heavy atom. The first kappa shape index (κ1) is 21.4. The number of nitrogens with one attached hydrogen (secondary N) is 1. The minimum atomic E-state index is -0.173. The number of benzene rings is 1. The zero-order valence-electron chi connectivity index (χ0n) is 15.8. The molecule has 0 spiro atoms. The molecule has 1 unspecified atom stereocenters. The monoisotopic (exact) mass is 475 g/mol. The Kier molecular flexibility index (Phi) is 8.13. The van der Waals surface area contributed by atoms with Gasteiger partial charge in [-0.2, -0.15) is 0 Å².